The minimum Gasteiger partial charge on any atom is -0.379 e. The summed E-state index contributed by atoms with van der Waals surface area (Å²) in [5.74, 6) is 0. The standard InChI is InChI=1S/C8H18N2O/c1-3-9(4-2)10-5-7-11-8-6-10/h3-8H2,1-2H3. The van der Waals surface area contributed by atoms with Crippen molar-refractivity contribution in [3.05, 3.63) is 0 Å². The zero-order valence-electron chi connectivity index (χ0n) is 7.55. The Morgan fingerprint density at radius 1 is 1.18 bits per heavy atom. The highest BCUT2D eigenvalue weighted by Crippen LogP contribution is 2.01. The van der Waals surface area contributed by atoms with Crippen LogP contribution in [0.15, 0.2) is 0 Å². The van der Waals surface area contributed by atoms with Gasteiger partial charge >= 0.3 is 0 Å². The molecule has 0 spiro atoms. The van der Waals surface area contributed by atoms with Crippen LogP contribution in [-0.4, -0.2) is 49.4 Å². The van der Waals surface area contributed by atoms with E-state index in [2.05, 4.69) is 23.9 Å². The largest absolute Gasteiger partial charge is 0.379 e. The van der Waals surface area contributed by atoms with Crippen LogP contribution in [-0.2, 0) is 4.74 Å². The molecule has 3 nitrogen and oxygen atoms in total. The van der Waals surface area contributed by atoms with Gasteiger partial charge in [-0.3, -0.25) is 0 Å². The Morgan fingerprint density at radius 3 is 2.18 bits per heavy atom. The molecule has 0 atom stereocenters. The quantitative estimate of drug-likeness (QED) is 0.597. The number of ether oxygens (including phenoxy) is 1. The molecule has 0 aromatic rings. The molecule has 11 heavy (non-hydrogen) atoms. The van der Waals surface area contributed by atoms with Gasteiger partial charge in [-0.05, 0) is 0 Å². The van der Waals surface area contributed by atoms with E-state index in [1.165, 1.54) is 0 Å². The van der Waals surface area contributed by atoms with Crippen molar-refractivity contribution in [3.63, 3.8) is 0 Å². The predicted octanol–water partition coefficient (Wildman–Crippen LogP) is 0.575. The summed E-state index contributed by atoms with van der Waals surface area (Å²) in [6.45, 7) is 10.5. The first-order valence-corrected chi connectivity index (χ1v) is 4.46. The van der Waals surface area contributed by atoms with Crippen molar-refractivity contribution in [1.82, 2.24) is 10.0 Å². The molecule has 1 heterocycles. The highest BCUT2D eigenvalue weighted by Gasteiger charge is 2.14. The molecule has 0 unspecified atom stereocenters. The summed E-state index contributed by atoms with van der Waals surface area (Å²) in [6, 6.07) is 0. The highest BCUT2D eigenvalue weighted by molar-refractivity contribution is 4.59. The van der Waals surface area contributed by atoms with Crippen molar-refractivity contribution < 1.29 is 4.74 Å². The average Bonchev–Trinajstić information content (AvgIpc) is 2.09. The Bertz CT molecular complexity index is 98.3. The SMILES string of the molecule is CCN(CC)N1CCOCC1. The Balaban J connectivity index is 2.30. The van der Waals surface area contributed by atoms with Crippen molar-refractivity contribution in [1.29, 1.82) is 0 Å². The lowest BCUT2D eigenvalue weighted by molar-refractivity contribution is -0.0847. The van der Waals surface area contributed by atoms with Gasteiger partial charge in [-0.25, -0.2) is 10.0 Å². The normalized spacial score (nSPS) is 21.0. The monoisotopic (exact) mass is 158 g/mol. The number of morpholine rings is 1. The molecule has 0 amide bonds. The molecule has 1 aliphatic rings. The maximum Gasteiger partial charge on any atom is 0.0608 e. The molecule has 0 saturated carbocycles. The van der Waals surface area contributed by atoms with Crippen LogP contribution in [0.25, 0.3) is 0 Å². The van der Waals surface area contributed by atoms with Gasteiger partial charge in [0, 0.05) is 26.2 Å². The lowest BCUT2D eigenvalue weighted by Gasteiger charge is -2.35. The van der Waals surface area contributed by atoms with E-state index >= 15 is 0 Å². The van der Waals surface area contributed by atoms with Gasteiger partial charge in [-0.15, -0.1) is 0 Å². The second-order valence-corrected chi connectivity index (χ2v) is 2.70. The van der Waals surface area contributed by atoms with Gasteiger partial charge in [0.2, 0.25) is 0 Å². The predicted molar refractivity (Wildman–Crippen MR) is 45.3 cm³/mol. The van der Waals surface area contributed by atoms with Gasteiger partial charge in [0.05, 0.1) is 13.2 Å². The third-order valence-electron chi connectivity index (χ3n) is 2.12. The lowest BCUT2D eigenvalue weighted by Crippen LogP contribution is -2.48. The Kier molecular flexibility index (Phi) is 3.83. The average molecular weight is 158 g/mol. The van der Waals surface area contributed by atoms with Crippen LogP contribution in [0.1, 0.15) is 13.8 Å². The molecule has 1 aliphatic heterocycles. The smallest absolute Gasteiger partial charge is 0.0608 e. The van der Waals surface area contributed by atoms with Gasteiger partial charge in [0.1, 0.15) is 0 Å². The van der Waals surface area contributed by atoms with Crippen LogP contribution in [0, 0.1) is 0 Å². The van der Waals surface area contributed by atoms with Crippen LogP contribution >= 0.6 is 0 Å². The first kappa shape index (κ1) is 8.97. The van der Waals surface area contributed by atoms with E-state index in [-0.39, 0.29) is 0 Å². The fraction of sp³-hybridized carbons (Fsp3) is 1.00. The summed E-state index contributed by atoms with van der Waals surface area (Å²) in [5, 5.41) is 4.74. The third kappa shape index (κ3) is 2.43. The molecule has 0 aromatic carbocycles. The van der Waals surface area contributed by atoms with Crippen molar-refractivity contribution >= 4 is 0 Å². The fourth-order valence-corrected chi connectivity index (χ4v) is 1.46. The molecule has 66 valence electrons. The molecular weight excluding hydrogens is 140 g/mol. The minimum absolute atomic E-state index is 0.885. The first-order valence-electron chi connectivity index (χ1n) is 4.46. The summed E-state index contributed by atoms with van der Waals surface area (Å²) in [5.41, 5.74) is 0. The Morgan fingerprint density at radius 2 is 1.73 bits per heavy atom. The van der Waals surface area contributed by atoms with E-state index in [9.17, 15) is 0 Å². The molecule has 0 bridgehead atoms. The number of nitrogens with zero attached hydrogens (tertiary/aromatic N) is 2. The molecule has 0 aliphatic carbocycles. The fourth-order valence-electron chi connectivity index (χ4n) is 1.46. The van der Waals surface area contributed by atoms with Gasteiger partial charge in [-0.1, -0.05) is 13.8 Å². The van der Waals surface area contributed by atoms with Gasteiger partial charge < -0.3 is 4.74 Å². The van der Waals surface area contributed by atoms with E-state index in [1.54, 1.807) is 0 Å². The maximum atomic E-state index is 5.27. The Labute approximate surface area is 68.9 Å². The maximum absolute atomic E-state index is 5.27. The van der Waals surface area contributed by atoms with Crippen molar-refractivity contribution in [2.45, 2.75) is 13.8 Å². The number of hydrogen-bond acceptors (Lipinski definition) is 3. The Hall–Kier alpha value is -0.120. The van der Waals surface area contributed by atoms with Crippen LogP contribution in [0.2, 0.25) is 0 Å². The molecule has 0 radical (unpaired) electrons. The van der Waals surface area contributed by atoms with Crippen LogP contribution in [0.5, 0.6) is 0 Å². The van der Waals surface area contributed by atoms with Crippen molar-refractivity contribution in [2.24, 2.45) is 0 Å². The van der Waals surface area contributed by atoms with Gasteiger partial charge in [-0.2, -0.15) is 0 Å². The van der Waals surface area contributed by atoms with E-state index in [0.29, 0.717) is 0 Å². The van der Waals surface area contributed by atoms with E-state index in [0.717, 1.165) is 39.4 Å². The van der Waals surface area contributed by atoms with E-state index < -0.39 is 0 Å². The van der Waals surface area contributed by atoms with Crippen molar-refractivity contribution in [3.8, 4) is 0 Å². The molecular formula is C8H18N2O. The first-order chi connectivity index (χ1) is 5.38. The zero-order valence-corrected chi connectivity index (χ0v) is 7.55. The molecule has 0 N–H and O–H groups in total. The molecule has 0 aromatic heterocycles. The summed E-state index contributed by atoms with van der Waals surface area (Å²) in [4.78, 5) is 0. The number of hydrogen-bond donors (Lipinski definition) is 0. The summed E-state index contributed by atoms with van der Waals surface area (Å²) >= 11 is 0. The highest BCUT2D eigenvalue weighted by atomic mass is 16.5. The topological polar surface area (TPSA) is 15.7 Å². The van der Waals surface area contributed by atoms with Crippen LogP contribution in [0.4, 0.5) is 0 Å². The van der Waals surface area contributed by atoms with Gasteiger partial charge in [0.15, 0.2) is 0 Å². The minimum atomic E-state index is 0.885. The molecule has 1 fully saturated rings. The van der Waals surface area contributed by atoms with Crippen LogP contribution < -0.4 is 0 Å². The van der Waals surface area contributed by atoms with Crippen LogP contribution in [0.3, 0.4) is 0 Å². The summed E-state index contributed by atoms with van der Waals surface area (Å²) < 4.78 is 5.27. The molecule has 3 heteroatoms. The van der Waals surface area contributed by atoms with E-state index in [4.69, 9.17) is 4.74 Å². The lowest BCUT2D eigenvalue weighted by atomic mass is 10.5. The second kappa shape index (κ2) is 4.70. The van der Waals surface area contributed by atoms with Crippen molar-refractivity contribution in [2.75, 3.05) is 39.4 Å². The summed E-state index contributed by atoms with van der Waals surface area (Å²) in [6.07, 6.45) is 0. The number of rotatable bonds is 3. The number of hydrazine groups is 1. The van der Waals surface area contributed by atoms with Gasteiger partial charge in [0.25, 0.3) is 0 Å². The molecule has 1 saturated heterocycles. The third-order valence-corrected chi connectivity index (χ3v) is 2.12. The zero-order chi connectivity index (χ0) is 8.10. The second-order valence-electron chi connectivity index (χ2n) is 2.70. The summed E-state index contributed by atoms with van der Waals surface area (Å²) in [7, 11) is 0. The van der Waals surface area contributed by atoms with E-state index in [1.807, 2.05) is 0 Å². The molecule has 1 rings (SSSR count).